The summed E-state index contributed by atoms with van der Waals surface area (Å²) in [5, 5.41) is 2.72. The molecule has 0 aliphatic carbocycles. The van der Waals surface area contributed by atoms with Crippen molar-refractivity contribution in [1.29, 1.82) is 0 Å². The van der Waals surface area contributed by atoms with Gasteiger partial charge in [-0.15, -0.1) is 0 Å². The van der Waals surface area contributed by atoms with Gasteiger partial charge in [-0.3, -0.25) is 4.79 Å². The largest absolute Gasteiger partial charge is 0.381 e. The summed E-state index contributed by atoms with van der Waals surface area (Å²) in [5.74, 6) is 1.57. The van der Waals surface area contributed by atoms with E-state index in [0.29, 0.717) is 12.3 Å². The summed E-state index contributed by atoms with van der Waals surface area (Å²) in [4.78, 5) is 13.9. The van der Waals surface area contributed by atoms with Gasteiger partial charge in [0.15, 0.2) is 0 Å². The number of nitrogens with one attached hydrogen (secondary N) is 1. The first-order valence-electron chi connectivity index (χ1n) is 7.28. The highest BCUT2D eigenvalue weighted by Crippen LogP contribution is 2.22. The molecule has 2 heterocycles. The Kier molecular flexibility index (Phi) is 5.45. The molecule has 0 saturated carbocycles. The molecular formula is C14H26N2O2. The van der Waals surface area contributed by atoms with Crippen molar-refractivity contribution in [2.24, 2.45) is 11.8 Å². The van der Waals surface area contributed by atoms with E-state index in [9.17, 15) is 4.79 Å². The number of hydrogen-bond donors (Lipinski definition) is 1. The van der Waals surface area contributed by atoms with Crippen LogP contribution in [0, 0.1) is 11.8 Å². The van der Waals surface area contributed by atoms with Crippen LogP contribution in [0.5, 0.6) is 0 Å². The molecule has 2 rings (SSSR count). The van der Waals surface area contributed by atoms with Crippen LogP contribution in [0.2, 0.25) is 0 Å². The zero-order valence-corrected chi connectivity index (χ0v) is 11.5. The van der Waals surface area contributed by atoms with Gasteiger partial charge in [0.05, 0.1) is 0 Å². The lowest BCUT2D eigenvalue weighted by Crippen LogP contribution is -2.36. The zero-order valence-electron chi connectivity index (χ0n) is 11.5. The van der Waals surface area contributed by atoms with Crippen molar-refractivity contribution in [3.05, 3.63) is 0 Å². The van der Waals surface area contributed by atoms with E-state index in [-0.39, 0.29) is 5.91 Å². The van der Waals surface area contributed by atoms with Crippen molar-refractivity contribution in [1.82, 2.24) is 10.2 Å². The molecule has 0 aromatic rings. The van der Waals surface area contributed by atoms with Gasteiger partial charge in [0, 0.05) is 26.7 Å². The first-order valence-corrected chi connectivity index (χ1v) is 7.28. The average Bonchev–Trinajstić information content (AvgIpc) is 2.91. The van der Waals surface area contributed by atoms with Crippen LogP contribution in [0.4, 0.5) is 0 Å². The van der Waals surface area contributed by atoms with Crippen LogP contribution >= 0.6 is 0 Å². The minimum absolute atomic E-state index is 0.191. The molecule has 1 amide bonds. The Labute approximate surface area is 110 Å². The third kappa shape index (κ3) is 4.25. The molecule has 0 aromatic heterocycles. The minimum Gasteiger partial charge on any atom is -0.381 e. The third-order valence-corrected chi connectivity index (χ3v) is 4.34. The summed E-state index contributed by atoms with van der Waals surface area (Å²) < 4.78 is 5.41. The number of piperidine rings is 1. The summed E-state index contributed by atoms with van der Waals surface area (Å²) in [6.45, 7) is 5.46. The van der Waals surface area contributed by atoms with E-state index in [0.717, 1.165) is 32.2 Å². The minimum atomic E-state index is 0.191. The van der Waals surface area contributed by atoms with Crippen LogP contribution in [0.25, 0.3) is 0 Å². The van der Waals surface area contributed by atoms with E-state index < -0.39 is 0 Å². The molecule has 1 atom stereocenters. The van der Waals surface area contributed by atoms with Crippen LogP contribution in [0.1, 0.15) is 32.1 Å². The van der Waals surface area contributed by atoms with Gasteiger partial charge in [0.25, 0.3) is 0 Å². The van der Waals surface area contributed by atoms with Crippen LogP contribution in [0.15, 0.2) is 0 Å². The Morgan fingerprint density at radius 1 is 1.28 bits per heavy atom. The molecule has 2 aliphatic heterocycles. The summed E-state index contributed by atoms with van der Waals surface area (Å²) in [5.41, 5.74) is 0. The summed E-state index contributed by atoms with van der Waals surface area (Å²) in [6, 6.07) is 0. The van der Waals surface area contributed by atoms with E-state index in [1.165, 1.54) is 32.2 Å². The predicted octanol–water partition coefficient (Wildman–Crippen LogP) is 1.26. The highest BCUT2D eigenvalue weighted by Gasteiger charge is 2.22. The van der Waals surface area contributed by atoms with Gasteiger partial charge >= 0.3 is 0 Å². The quantitative estimate of drug-likeness (QED) is 0.803. The van der Waals surface area contributed by atoms with Gasteiger partial charge in [-0.25, -0.2) is 0 Å². The van der Waals surface area contributed by atoms with Crippen LogP contribution in [-0.2, 0) is 9.53 Å². The first kappa shape index (κ1) is 13.8. The monoisotopic (exact) mass is 254 g/mol. The molecular weight excluding hydrogens is 228 g/mol. The van der Waals surface area contributed by atoms with Gasteiger partial charge in [-0.05, 0) is 57.2 Å². The van der Waals surface area contributed by atoms with Crippen LogP contribution in [-0.4, -0.2) is 50.7 Å². The molecule has 0 bridgehead atoms. The molecule has 0 unspecified atom stereocenters. The number of nitrogens with zero attached hydrogens (tertiary/aromatic N) is 1. The molecule has 18 heavy (non-hydrogen) atoms. The second kappa shape index (κ2) is 7.10. The van der Waals surface area contributed by atoms with Gasteiger partial charge in [0.1, 0.15) is 0 Å². The lowest BCUT2D eigenvalue weighted by Gasteiger charge is -2.32. The lowest BCUT2D eigenvalue weighted by atomic mass is 9.93. The van der Waals surface area contributed by atoms with Gasteiger partial charge in [0.2, 0.25) is 5.91 Å². The molecule has 2 saturated heterocycles. The standard InChI is InChI=1S/C14H26N2O2/c1-15-14(17)10-12-2-6-16(7-3-12)8-4-13-5-9-18-11-13/h12-13H,2-11H2,1H3,(H,15,17)/t13-/m0/s1. The van der Waals surface area contributed by atoms with Gasteiger partial charge in [-0.1, -0.05) is 0 Å². The Balaban J connectivity index is 1.59. The highest BCUT2D eigenvalue weighted by atomic mass is 16.5. The summed E-state index contributed by atoms with van der Waals surface area (Å²) >= 11 is 0. The topological polar surface area (TPSA) is 41.6 Å². The molecule has 4 nitrogen and oxygen atoms in total. The molecule has 1 N–H and O–H groups in total. The number of amides is 1. The molecule has 0 spiro atoms. The molecule has 4 heteroatoms. The van der Waals surface area contributed by atoms with Crippen molar-refractivity contribution in [2.45, 2.75) is 32.1 Å². The Morgan fingerprint density at radius 3 is 2.67 bits per heavy atom. The van der Waals surface area contributed by atoms with Crippen LogP contribution in [0.3, 0.4) is 0 Å². The SMILES string of the molecule is CNC(=O)CC1CCN(CC[C@H]2CCOC2)CC1. The van der Waals surface area contributed by atoms with Crippen molar-refractivity contribution in [3.63, 3.8) is 0 Å². The van der Waals surface area contributed by atoms with Crippen molar-refractivity contribution in [2.75, 3.05) is 39.9 Å². The lowest BCUT2D eigenvalue weighted by molar-refractivity contribution is -0.121. The van der Waals surface area contributed by atoms with Crippen molar-refractivity contribution < 1.29 is 9.53 Å². The molecule has 2 aliphatic rings. The van der Waals surface area contributed by atoms with Crippen molar-refractivity contribution in [3.8, 4) is 0 Å². The molecule has 104 valence electrons. The van der Waals surface area contributed by atoms with E-state index in [1.807, 2.05) is 0 Å². The third-order valence-electron chi connectivity index (χ3n) is 4.34. The predicted molar refractivity (Wildman–Crippen MR) is 71.4 cm³/mol. The average molecular weight is 254 g/mol. The number of ether oxygens (including phenoxy) is 1. The summed E-state index contributed by atoms with van der Waals surface area (Å²) in [6.07, 6.45) is 5.58. The zero-order chi connectivity index (χ0) is 12.8. The van der Waals surface area contributed by atoms with E-state index >= 15 is 0 Å². The molecule has 2 fully saturated rings. The Hall–Kier alpha value is -0.610. The fourth-order valence-electron chi connectivity index (χ4n) is 2.95. The fraction of sp³-hybridized carbons (Fsp3) is 0.929. The maximum absolute atomic E-state index is 11.3. The van der Waals surface area contributed by atoms with Crippen LogP contribution < -0.4 is 5.32 Å². The Bertz CT molecular complexity index is 257. The van der Waals surface area contributed by atoms with E-state index in [2.05, 4.69) is 10.2 Å². The second-order valence-electron chi connectivity index (χ2n) is 5.68. The van der Waals surface area contributed by atoms with Gasteiger partial charge < -0.3 is 15.0 Å². The number of hydrogen-bond acceptors (Lipinski definition) is 3. The van der Waals surface area contributed by atoms with E-state index in [4.69, 9.17) is 4.74 Å². The summed E-state index contributed by atoms with van der Waals surface area (Å²) in [7, 11) is 1.72. The number of carbonyl (C=O) groups excluding carboxylic acids is 1. The smallest absolute Gasteiger partial charge is 0.220 e. The molecule has 0 aromatic carbocycles. The first-order chi connectivity index (χ1) is 8.78. The van der Waals surface area contributed by atoms with Gasteiger partial charge in [-0.2, -0.15) is 0 Å². The molecule has 0 radical (unpaired) electrons. The highest BCUT2D eigenvalue weighted by molar-refractivity contribution is 5.75. The maximum atomic E-state index is 11.3. The van der Waals surface area contributed by atoms with Crippen molar-refractivity contribution >= 4 is 5.91 Å². The maximum Gasteiger partial charge on any atom is 0.220 e. The number of likely N-dealkylation sites (tertiary alicyclic amines) is 1. The second-order valence-corrected chi connectivity index (χ2v) is 5.68. The number of carbonyl (C=O) groups is 1. The van der Waals surface area contributed by atoms with E-state index in [1.54, 1.807) is 7.05 Å². The normalized spacial score (nSPS) is 26.4. The number of rotatable bonds is 5. The fourth-order valence-corrected chi connectivity index (χ4v) is 2.95. The Morgan fingerprint density at radius 2 is 2.06 bits per heavy atom.